The third-order valence-corrected chi connectivity index (χ3v) is 2.60. The summed E-state index contributed by atoms with van der Waals surface area (Å²) in [6.07, 6.45) is 8.27. The fourth-order valence-corrected chi connectivity index (χ4v) is 1.56. The van der Waals surface area contributed by atoms with Gasteiger partial charge in [-0.3, -0.25) is 10.4 Å². The maximum atomic E-state index is 5.09. The Balaban J connectivity index is 2.11. The van der Waals surface area contributed by atoms with Crippen molar-refractivity contribution in [2.75, 3.05) is 6.54 Å². The largest absolute Gasteiger partial charge is 0.361 e. The van der Waals surface area contributed by atoms with Gasteiger partial charge in [0.1, 0.15) is 0 Å². The van der Waals surface area contributed by atoms with Crippen molar-refractivity contribution in [2.24, 2.45) is 5.10 Å². The first-order chi connectivity index (χ1) is 8.83. The predicted molar refractivity (Wildman–Crippen MR) is 79.7 cm³/mol. The van der Waals surface area contributed by atoms with E-state index < -0.39 is 0 Å². The number of hydrogen-bond acceptors (Lipinski definition) is 3. The van der Waals surface area contributed by atoms with Gasteiger partial charge in [0.15, 0.2) is 5.11 Å². The maximum absolute atomic E-state index is 5.09. The second-order valence-corrected chi connectivity index (χ2v) is 4.35. The molecule has 5 heteroatoms. The highest BCUT2D eigenvalue weighted by Crippen LogP contribution is 1.96. The van der Waals surface area contributed by atoms with Gasteiger partial charge in [-0.05, 0) is 30.8 Å². The molecule has 1 aromatic heterocycles. The van der Waals surface area contributed by atoms with Crippen molar-refractivity contribution in [3.63, 3.8) is 0 Å². The van der Waals surface area contributed by atoms with Gasteiger partial charge < -0.3 is 5.32 Å². The van der Waals surface area contributed by atoms with Gasteiger partial charge in [-0.25, -0.2) is 0 Å². The fourth-order valence-electron chi connectivity index (χ4n) is 1.40. The van der Waals surface area contributed by atoms with Crippen molar-refractivity contribution in [3.05, 3.63) is 30.1 Å². The summed E-state index contributed by atoms with van der Waals surface area (Å²) < 4.78 is 0. The molecule has 1 heterocycles. The van der Waals surface area contributed by atoms with Crippen molar-refractivity contribution in [1.82, 2.24) is 15.7 Å². The third kappa shape index (κ3) is 6.96. The molecule has 0 aliphatic heterocycles. The standard InChI is InChI=1S/C13H20N4S/c1-2-3-4-6-10-15-13(18)17-16-11-12-8-5-7-9-14-12/h5,7-9,11H,2-4,6,10H2,1H3,(H2,15,17,18)/b16-11+. The molecule has 0 atom stereocenters. The zero-order chi connectivity index (χ0) is 13.1. The number of hydrazone groups is 1. The summed E-state index contributed by atoms with van der Waals surface area (Å²) in [5.74, 6) is 0. The molecule has 18 heavy (non-hydrogen) atoms. The van der Waals surface area contributed by atoms with Gasteiger partial charge in [0.25, 0.3) is 0 Å². The van der Waals surface area contributed by atoms with Gasteiger partial charge >= 0.3 is 0 Å². The predicted octanol–water partition coefficient (Wildman–Crippen LogP) is 2.46. The highest BCUT2D eigenvalue weighted by Gasteiger charge is 1.92. The number of thiocarbonyl (C=S) groups is 1. The Kier molecular flexibility index (Phi) is 7.72. The smallest absolute Gasteiger partial charge is 0.186 e. The molecule has 0 aliphatic rings. The lowest BCUT2D eigenvalue weighted by Gasteiger charge is -2.06. The molecule has 0 saturated heterocycles. The summed E-state index contributed by atoms with van der Waals surface area (Å²) in [6, 6.07) is 5.66. The van der Waals surface area contributed by atoms with Crippen molar-refractivity contribution in [1.29, 1.82) is 0 Å². The fraction of sp³-hybridized carbons (Fsp3) is 0.462. The molecular formula is C13H20N4S. The second kappa shape index (κ2) is 9.53. The van der Waals surface area contributed by atoms with Crippen LogP contribution in [-0.2, 0) is 0 Å². The van der Waals surface area contributed by atoms with Crippen molar-refractivity contribution >= 4 is 23.5 Å². The molecular weight excluding hydrogens is 244 g/mol. The quantitative estimate of drug-likeness (QED) is 0.344. The Morgan fingerprint density at radius 3 is 3.00 bits per heavy atom. The van der Waals surface area contributed by atoms with Crippen LogP contribution in [0.2, 0.25) is 0 Å². The number of rotatable bonds is 7. The van der Waals surface area contributed by atoms with E-state index in [1.165, 1.54) is 19.3 Å². The number of pyridine rings is 1. The summed E-state index contributed by atoms with van der Waals surface area (Å²) >= 11 is 5.09. The van der Waals surface area contributed by atoms with E-state index >= 15 is 0 Å². The third-order valence-electron chi connectivity index (χ3n) is 2.37. The van der Waals surface area contributed by atoms with Crippen LogP contribution in [0.5, 0.6) is 0 Å². The molecule has 2 N–H and O–H groups in total. The summed E-state index contributed by atoms with van der Waals surface area (Å²) in [5, 5.41) is 7.68. The normalized spacial score (nSPS) is 10.5. The van der Waals surface area contributed by atoms with E-state index in [2.05, 4.69) is 27.8 Å². The Bertz CT molecular complexity index is 365. The van der Waals surface area contributed by atoms with E-state index in [1.807, 2.05) is 18.2 Å². The van der Waals surface area contributed by atoms with E-state index in [9.17, 15) is 0 Å². The van der Waals surface area contributed by atoms with Gasteiger partial charge in [-0.15, -0.1) is 0 Å². The minimum absolute atomic E-state index is 0.554. The van der Waals surface area contributed by atoms with Crippen molar-refractivity contribution < 1.29 is 0 Å². The van der Waals surface area contributed by atoms with Gasteiger partial charge in [-0.1, -0.05) is 32.3 Å². The van der Waals surface area contributed by atoms with Gasteiger partial charge in [-0.2, -0.15) is 5.10 Å². The van der Waals surface area contributed by atoms with E-state index in [4.69, 9.17) is 12.2 Å². The zero-order valence-corrected chi connectivity index (χ0v) is 11.5. The highest BCUT2D eigenvalue weighted by atomic mass is 32.1. The first-order valence-electron chi connectivity index (χ1n) is 6.31. The molecule has 0 unspecified atom stereocenters. The molecule has 0 bridgehead atoms. The van der Waals surface area contributed by atoms with Crippen molar-refractivity contribution in [3.8, 4) is 0 Å². The summed E-state index contributed by atoms with van der Waals surface area (Å²) in [5.41, 5.74) is 3.57. The van der Waals surface area contributed by atoms with Crippen molar-refractivity contribution in [2.45, 2.75) is 32.6 Å². The topological polar surface area (TPSA) is 49.3 Å². The molecule has 4 nitrogen and oxygen atoms in total. The SMILES string of the molecule is CCCCCCNC(=S)N/N=C/c1ccccn1. The van der Waals surface area contributed by atoms with E-state index in [-0.39, 0.29) is 0 Å². The molecule has 1 aromatic rings. The molecule has 0 saturated carbocycles. The second-order valence-electron chi connectivity index (χ2n) is 3.94. The molecule has 0 radical (unpaired) electrons. The number of nitrogens with zero attached hydrogens (tertiary/aromatic N) is 2. The Morgan fingerprint density at radius 2 is 2.28 bits per heavy atom. The minimum Gasteiger partial charge on any atom is -0.361 e. The van der Waals surface area contributed by atoms with Crippen LogP contribution in [0.3, 0.4) is 0 Å². The molecule has 98 valence electrons. The van der Waals surface area contributed by atoms with Crippen LogP contribution in [-0.4, -0.2) is 22.9 Å². The maximum Gasteiger partial charge on any atom is 0.186 e. The van der Waals surface area contributed by atoms with Crippen LogP contribution in [0, 0.1) is 0 Å². The van der Waals surface area contributed by atoms with Crippen LogP contribution >= 0.6 is 12.2 Å². The van der Waals surface area contributed by atoms with E-state index in [1.54, 1.807) is 12.4 Å². The monoisotopic (exact) mass is 264 g/mol. The van der Waals surface area contributed by atoms with Crippen LogP contribution in [0.15, 0.2) is 29.5 Å². The van der Waals surface area contributed by atoms with Crippen LogP contribution in [0.25, 0.3) is 0 Å². The molecule has 0 spiro atoms. The van der Waals surface area contributed by atoms with Gasteiger partial charge in [0.05, 0.1) is 11.9 Å². The first kappa shape index (κ1) is 14.6. The van der Waals surface area contributed by atoms with Gasteiger partial charge in [0, 0.05) is 12.7 Å². The van der Waals surface area contributed by atoms with E-state index in [0.717, 1.165) is 18.7 Å². The first-order valence-corrected chi connectivity index (χ1v) is 6.71. The summed E-state index contributed by atoms with van der Waals surface area (Å²) in [6.45, 7) is 3.09. The molecule has 0 aromatic carbocycles. The lowest BCUT2D eigenvalue weighted by atomic mass is 10.2. The molecule has 0 amide bonds. The summed E-state index contributed by atoms with van der Waals surface area (Å²) in [4.78, 5) is 4.12. The molecule has 0 fully saturated rings. The Morgan fingerprint density at radius 1 is 1.39 bits per heavy atom. The van der Waals surface area contributed by atoms with Crippen LogP contribution in [0.1, 0.15) is 38.3 Å². The number of unbranched alkanes of at least 4 members (excludes halogenated alkanes) is 3. The number of hydrogen-bond donors (Lipinski definition) is 2. The summed E-state index contributed by atoms with van der Waals surface area (Å²) in [7, 11) is 0. The number of aromatic nitrogens is 1. The van der Waals surface area contributed by atoms with Gasteiger partial charge in [0.2, 0.25) is 0 Å². The van der Waals surface area contributed by atoms with E-state index in [0.29, 0.717) is 5.11 Å². The van der Waals surface area contributed by atoms with Crippen LogP contribution < -0.4 is 10.7 Å². The Labute approximate surface area is 114 Å². The average molecular weight is 264 g/mol. The molecule has 0 aliphatic carbocycles. The number of nitrogens with one attached hydrogen (secondary N) is 2. The lowest BCUT2D eigenvalue weighted by molar-refractivity contribution is 0.651. The highest BCUT2D eigenvalue weighted by molar-refractivity contribution is 7.80. The molecule has 1 rings (SSSR count). The lowest BCUT2D eigenvalue weighted by Crippen LogP contribution is -2.32. The average Bonchev–Trinajstić information content (AvgIpc) is 2.40. The Hall–Kier alpha value is -1.49. The zero-order valence-electron chi connectivity index (χ0n) is 10.7. The van der Waals surface area contributed by atoms with Crippen LogP contribution in [0.4, 0.5) is 0 Å². The minimum atomic E-state index is 0.554.